The molecular weight excluding hydrogens is 488 g/mol. The number of nitrogens with zero attached hydrogens (tertiary/aromatic N) is 1. The van der Waals surface area contributed by atoms with E-state index in [1.807, 2.05) is 5.32 Å². The Labute approximate surface area is 202 Å². The van der Waals surface area contributed by atoms with Gasteiger partial charge < -0.3 is 21.5 Å². The maximum atomic E-state index is 13.3. The SMILES string of the molecule is CC(CC(=O)O)CN1O[C@H](C(N)=O)C=C1c1ccc(NC(=O)Nc2ccc(F)cc2C(F)(F)F)cc1. The number of hydroxylamine groups is 2. The third-order valence-electron chi connectivity index (χ3n) is 5.07. The van der Waals surface area contributed by atoms with Crippen molar-refractivity contribution in [3.8, 4) is 0 Å². The molecule has 0 bridgehead atoms. The van der Waals surface area contributed by atoms with Crippen molar-refractivity contribution in [1.29, 1.82) is 0 Å². The lowest BCUT2D eigenvalue weighted by Gasteiger charge is -2.24. The lowest BCUT2D eigenvalue weighted by Crippen LogP contribution is -2.33. The minimum atomic E-state index is -4.87. The topological polar surface area (TPSA) is 134 Å². The number of nitrogens with two attached hydrogens (primary N) is 1. The number of nitrogens with one attached hydrogen (secondary N) is 2. The molecule has 0 saturated carbocycles. The zero-order chi connectivity index (χ0) is 26.6. The van der Waals surface area contributed by atoms with Crippen LogP contribution in [0, 0.1) is 11.7 Å². The minimum Gasteiger partial charge on any atom is -0.481 e. The number of carbonyl (C=O) groups excluding carboxylic acids is 2. The van der Waals surface area contributed by atoms with Crippen LogP contribution in [0.2, 0.25) is 0 Å². The van der Waals surface area contributed by atoms with Crippen molar-refractivity contribution < 1.29 is 41.9 Å². The highest BCUT2D eigenvalue weighted by Gasteiger charge is 2.34. The number of carbonyl (C=O) groups is 3. The molecule has 1 aliphatic rings. The van der Waals surface area contributed by atoms with Crippen LogP contribution in [0.15, 0.2) is 48.5 Å². The fourth-order valence-corrected chi connectivity index (χ4v) is 3.48. The fourth-order valence-electron chi connectivity index (χ4n) is 3.48. The van der Waals surface area contributed by atoms with E-state index in [-0.39, 0.29) is 30.6 Å². The zero-order valence-corrected chi connectivity index (χ0v) is 18.8. The van der Waals surface area contributed by atoms with Gasteiger partial charge in [0.25, 0.3) is 5.91 Å². The van der Waals surface area contributed by atoms with Crippen LogP contribution < -0.4 is 16.4 Å². The quantitative estimate of drug-likeness (QED) is 0.396. The van der Waals surface area contributed by atoms with E-state index in [2.05, 4.69) is 5.32 Å². The predicted octanol–water partition coefficient (Wildman–Crippen LogP) is 4.04. The molecule has 1 unspecified atom stereocenters. The first-order valence-electron chi connectivity index (χ1n) is 10.6. The van der Waals surface area contributed by atoms with E-state index in [1.165, 1.54) is 23.3 Å². The molecule has 9 nitrogen and oxygen atoms in total. The van der Waals surface area contributed by atoms with Gasteiger partial charge in [-0.05, 0) is 42.3 Å². The van der Waals surface area contributed by atoms with E-state index < -0.39 is 47.3 Å². The van der Waals surface area contributed by atoms with Crippen molar-refractivity contribution in [3.05, 3.63) is 65.5 Å². The molecule has 36 heavy (non-hydrogen) atoms. The summed E-state index contributed by atoms with van der Waals surface area (Å²) in [5.74, 6) is -3.15. The summed E-state index contributed by atoms with van der Waals surface area (Å²) in [5, 5.41) is 14.8. The lowest BCUT2D eigenvalue weighted by molar-refractivity contribution is -0.156. The number of hydrogen-bond acceptors (Lipinski definition) is 5. The van der Waals surface area contributed by atoms with Crippen LogP contribution in [0.5, 0.6) is 0 Å². The number of urea groups is 1. The second-order valence-electron chi connectivity index (χ2n) is 8.09. The lowest BCUT2D eigenvalue weighted by atomic mass is 10.1. The minimum absolute atomic E-state index is 0.129. The number of carboxylic acids is 1. The number of halogens is 4. The van der Waals surface area contributed by atoms with E-state index in [4.69, 9.17) is 15.7 Å². The summed E-state index contributed by atoms with van der Waals surface area (Å²) in [4.78, 5) is 40.3. The molecule has 0 aromatic heterocycles. The molecule has 0 aliphatic carbocycles. The number of carboxylic acid groups (broad SMARTS) is 1. The van der Waals surface area contributed by atoms with Crippen LogP contribution in [0.4, 0.5) is 33.7 Å². The number of alkyl halides is 3. The molecule has 13 heteroatoms. The van der Waals surface area contributed by atoms with Gasteiger partial charge in [0.2, 0.25) is 0 Å². The van der Waals surface area contributed by atoms with Gasteiger partial charge in [0.05, 0.1) is 16.9 Å². The van der Waals surface area contributed by atoms with Crippen molar-refractivity contribution in [2.24, 2.45) is 11.7 Å². The van der Waals surface area contributed by atoms with Crippen LogP contribution in [-0.2, 0) is 20.6 Å². The van der Waals surface area contributed by atoms with Gasteiger partial charge in [-0.3, -0.25) is 19.5 Å². The first-order chi connectivity index (χ1) is 16.8. The Bertz CT molecular complexity index is 1180. The monoisotopic (exact) mass is 510 g/mol. The Morgan fingerprint density at radius 1 is 1.14 bits per heavy atom. The molecule has 0 spiro atoms. The molecule has 0 saturated heterocycles. The molecule has 3 rings (SSSR count). The standard InChI is InChI=1S/C23H22F4N4O5/c1-12(8-20(32)33)11-31-18(10-19(36-31)21(28)34)13-2-5-15(6-3-13)29-22(35)30-17-7-4-14(24)9-16(17)23(25,26)27/h2-7,9-10,12,19H,8,11H2,1H3,(H2,28,34)(H,32,33)(H2,29,30,35)/t12?,19-/m0/s1. The fraction of sp³-hybridized carbons (Fsp3) is 0.261. The van der Waals surface area contributed by atoms with Gasteiger partial charge in [0, 0.05) is 24.2 Å². The average Bonchev–Trinajstić information content (AvgIpc) is 3.18. The maximum absolute atomic E-state index is 13.3. The number of amides is 3. The maximum Gasteiger partial charge on any atom is 0.418 e. The van der Waals surface area contributed by atoms with Crippen molar-refractivity contribution in [3.63, 3.8) is 0 Å². The Morgan fingerprint density at radius 2 is 1.81 bits per heavy atom. The highest BCUT2D eigenvalue weighted by atomic mass is 19.4. The molecule has 2 aromatic rings. The Kier molecular flexibility index (Phi) is 7.83. The Morgan fingerprint density at radius 3 is 2.39 bits per heavy atom. The van der Waals surface area contributed by atoms with Crippen LogP contribution in [0.25, 0.3) is 5.70 Å². The summed E-state index contributed by atoms with van der Waals surface area (Å²) in [5.41, 5.74) is 4.60. The molecule has 5 N–H and O–H groups in total. The van der Waals surface area contributed by atoms with E-state index >= 15 is 0 Å². The summed E-state index contributed by atoms with van der Waals surface area (Å²) in [7, 11) is 0. The molecule has 2 atom stereocenters. The number of rotatable bonds is 8. The summed E-state index contributed by atoms with van der Waals surface area (Å²) in [6.45, 7) is 1.85. The summed E-state index contributed by atoms with van der Waals surface area (Å²) >= 11 is 0. The number of hydrogen-bond donors (Lipinski definition) is 4. The van der Waals surface area contributed by atoms with E-state index in [9.17, 15) is 31.9 Å². The molecule has 192 valence electrons. The summed E-state index contributed by atoms with van der Waals surface area (Å²) in [6.07, 6.45) is -4.59. The normalized spacial score (nSPS) is 16.3. The van der Waals surface area contributed by atoms with Crippen LogP contribution in [0.3, 0.4) is 0 Å². The number of aliphatic carboxylic acids is 1. The third kappa shape index (κ3) is 6.72. The van der Waals surface area contributed by atoms with Crippen molar-refractivity contribution >= 4 is 35.0 Å². The predicted molar refractivity (Wildman–Crippen MR) is 121 cm³/mol. The Hall–Kier alpha value is -4.13. The molecular formula is C23H22F4N4O5. The molecule has 0 fully saturated rings. The van der Waals surface area contributed by atoms with Crippen molar-refractivity contribution in [2.75, 3.05) is 17.2 Å². The molecule has 3 amide bonds. The summed E-state index contributed by atoms with van der Waals surface area (Å²) < 4.78 is 52.6. The van der Waals surface area contributed by atoms with Crippen molar-refractivity contribution in [1.82, 2.24) is 5.06 Å². The number of primary amides is 1. The van der Waals surface area contributed by atoms with Gasteiger partial charge >= 0.3 is 18.2 Å². The first kappa shape index (κ1) is 26.5. The van der Waals surface area contributed by atoms with Crippen LogP contribution in [0.1, 0.15) is 24.5 Å². The smallest absolute Gasteiger partial charge is 0.418 e. The van der Waals surface area contributed by atoms with E-state index in [0.717, 1.165) is 12.1 Å². The second kappa shape index (κ2) is 10.6. The van der Waals surface area contributed by atoms with Crippen LogP contribution in [-0.4, -0.2) is 40.7 Å². The Balaban J connectivity index is 1.72. The third-order valence-corrected chi connectivity index (χ3v) is 5.07. The van der Waals surface area contributed by atoms with E-state index in [1.54, 1.807) is 19.1 Å². The largest absolute Gasteiger partial charge is 0.481 e. The van der Waals surface area contributed by atoms with Gasteiger partial charge in [0.1, 0.15) is 5.82 Å². The van der Waals surface area contributed by atoms with E-state index in [0.29, 0.717) is 11.3 Å². The first-order valence-corrected chi connectivity index (χ1v) is 10.6. The number of benzene rings is 2. The van der Waals surface area contributed by atoms with Gasteiger partial charge in [-0.25, -0.2) is 9.18 Å². The number of anilines is 2. The average molecular weight is 510 g/mol. The van der Waals surface area contributed by atoms with Gasteiger partial charge in [0.15, 0.2) is 6.10 Å². The van der Waals surface area contributed by atoms with Crippen molar-refractivity contribution in [2.45, 2.75) is 25.6 Å². The molecule has 2 aromatic carbocycles. The highest BCUT2D eigenvalue weighted by Crippen LogP contribution is 2.35. The van der Waals surface area contributed by atoms with Gasteiger partial charge in [-0.15, -0.1) is 0 Å². The second-order valence-corrected chi connectivity index (χ2v) is 8.09. The van der Waals surface area contributed by atoms with Crippen LogP contribution >= 0.6 is 0 Å². The molecule has 1 aliphatic heterocycles. The van der Waals surface area contributed by atoms with Gasteiger partial charge in [-0.2, -0.15) is 13.2 Å². The zero-order valence-electron chi connectivity index (χ0n) is 18.8. The highest BCUT2D eigenvalue weighted by molar-refractivity contribution is 6.00. The van der Waals surface area contributed by atoms with Gasteiger partial charge in [-0.1, -0.05) is 19.1 Å². The molecule has 1 heterocycles. The molecule has 0 radical (unpaired) electrons. The summed E-state index contributed by atoms with van der Waals surface area (Å²) in [6, 6.07) is 6.93.